The fourth-order valence-corrected chi connectivity index (χ4v) is 0.807. The van der Waals surface area contributed by atoms with Crippen molar-refractivity contribution in [2.45, 2.75) is 13.0 Å². The second-order valence-corrected chi connectivity index (χ2v) is 2.40. The van der Waals surface area contributed by atoms with E-state index in [1.54, 1.807) is 10.7 Å². The molecule has 3 heteroatoms. The Bertz CT molecular complexity index is 276. The molecule has 0 spiro atoms. The first-order chi connectivity index (χ1) is 5.15. The standard InChI is InChI=1S/C8H10N2O/c1-4-8(11)7-5-6(2)10(3)9-7/h1,5,8,11H,2-3H3. The molecule has 0 aliphatic heterocycles. The van der Waals surface area contributed by atoms with Gasteiger partial charge in [0, 0.05) is 12.7 Å². The van der Waals surface area contributed by atoms with Crippen molar-refractivity contribution in [3.05, 3.63) is 17.5 Å². The van der Waals surface area contributed by atoms with E-state index >= 15 is 0 Å². The first kappa shape index (κ1) is 7.83. The van der Waals surface area contributed by atoms with E-state index in [4.69, 9.17) is 11.5 Å². The zero-order chi connectivity index (χ0) is 8.43. The molecule has 11 heavy (non-hydrogen) atoms. The minimum absolute atomic E-state index is 0.535. The highest BCUT2D eigenvalue weighted by Crippen LogP contribution is 2.10. The maximum absolute atomic E-state index is 9.16. The fraction of sp³-hybridized carbons (Fsp3) is 0.375. The molecule has 0 saturated carbocycles. The average Bonchev–Trinajstić information content (AvgIpc) is 2.31. The van der Waals surface area contributed by atoms with Gasteiger partial charge in [0.2, 0.25) is 0 Å². The van der Waals surface area contributed by atoms with Gasteiger partial charge in [-0.25, -0.2) is 0 Å². The summed E-state index contributed by atoms with van der Waals surface area (Å²) in [6.45, 7) is 1.90. The van der Waals surface area contributed by atoms with Crippen LogP contribution in [0.1, 0.15) is 17.5 Å². The quantitative estimate of drug-likeness (QED) is 0.588. The van der Waals surface area contributed by atoms with Crippen LogP contribution in [0.25, 0.3) is 0 Å². The highest BCUT2D eigenvalue weighted by Gasteiger charge is 2.07. The Kier molecular flexibility index (Phi) is 1.97. The lowest BCUT2D eigenvalue weighted by Gasteiger charge is -1.94. The topological polar surface area (TPSA) is 38.0 Å². The van der Waals surface area contributed by atoms with Gasteiger partial charge in [-0.1, -0.05) is 5.92 Å². The molecule has 1 rings (SSSR count). The molecule has 3 nitrogen and oxygen atoms in total. The van der Waals surface area contributed by atoms with Crippen LogP contribution in [0, 0.1) is 19.3 Å². The number of hydrogen-bond acceptors (Lipinski definition) is 2. The molecule has 0 aliphatic rings. The molecule has 1 heterocycles. The number of terminal acetylenes is 1. The molecule has 0 saturated heterocycles. The number of nitrogens with zero attached hydrogens (tertiary/aromatic N) is 2. The van der Waals surface area contributed by atoms with E-state index in [-0.39, 0.29) is 0 Å². The van der Waals surface area contributed by atoms with Crippen LogP contribution in [0.15, 0.2) is 6.07 Å². The van der Waals surface area contributed by atoms with E-state index in [1.165, 1.54) is 0 Å². The third-order valence-electron chi connectivity index (χ3n) is 1.57. The molecule has 0 fully saturated rings. The summed E-state index contributed by atoms with van der Waals surface area (Å²) in [5.74, 6) is 2.20. The Balaban J connectivity index is 2.99. The van der Waals surface area contributed by atoms with Crippen molar-refractivity contribution >= 4 is 0 Å². The van der Waals surface area contributed by atoms with Crippen molar-refractivity contribution in [2.24, 2.45) is 7.05 Å². The highest BCUT2D eigenvalue weighted by atomic mass is 16.3. The molecule has 1 aromatic rings. The average molecular weight is 150 g/mol. The zero-order valence-corrected chi connectivity index (χ0v) is 6.57. The van der Waals surface area contributed by atoms with Gasteiger partial charge in [0.1, 0.15) is 5.69 Å². The van der Waals surface area contributed by atoms with Crippen molar-refractivity contribution < 1.29 is 5.11 Å². The van der Waals surface area contributed by atoms with E-state index in [0.29, 0.717) is 5.69 Å². The van der Waals surface area contributed by atoms with Crippen LogP contribution in [-0.4, -0.2) is 14.9 Å². The van der Waals surface area contributed by atoms with E-state index < -0.39 is 6.10 Å². The second-order valence-electron chi connectivity index (χ2n) is 2.40. The fourth-order valence-electron chi connectivity index (χ4n) is 0.807. The third-order valence-corrected chi connectivity index (χ3v) is 1.57. The van der Waals surface area contributed by atoms with Crippen LogP contribution in [0.2, 0.25) is 0 Å². The van der Waals surface area contributed by atoms with Crippen LogP contribution in [0.3, 0.4) is 0 Å². The summed E-state index contributed by atoms with van der Waals surface area (Å²) < 4.78 is 1.68. The number of aliphatic hydroxyl groups excluding tert-OH is 1. The second kappa shape index (κ2) is 2.77. The lowest BCUT2D eigenvalue weighted by Crippen LogP contribution is -1.97. The molecule has 0 aromatic carbocycles. The number of aliphatic hydroxyl groups is 1. The predicted octanol–water partition coefficient (Wildman–Crippen LogP) is 0.395. The van der Waals surface area contributed by atoms with Crippen LogP contribution < -0.4 is 0 Å². The molecule has 58 valence electrons. The molecular formula is C8H10N2O. The van der Waals surface area contributed by atoms with Gasteiger partial charge < -0.3 is 5.11 Å². The van der Waals surface area contributed by atoms with Crippen molar-refractivity contribution in [1.82, 2.24) is 9.78 Å². The van der Waals surface area contributed by atoms with Crippen LogP contribution in [-0.2, 0) is 7.05 Å². The molecule has 0 bridgehead atoms. The van der Waals surface area contributed by atoms with E-state index in [1.807, 2.05) is 14.0 Å². The number of hydrogen-bond donors (Lipinski definition) is 1. The monoisotopic (exact) mass is 150 g/mol. The molecule has 1 unspecified atom stereocenters. The Labute approximate surface area is 65.7 Å². The highest BCUT2D eigenvalue weighted by molar-refractivity contribution is 5.17. The SMILES string of the molecule is C#CC(O)c1cc(C)n(C)n1. The van der Waals surface area contributed by atoms with Crippen LogP contribution >= 0.6 is 0 Å². The predicted molar refractivity (Wildman–Crippen MR) is 41.7 cm³/mol. The van der Waals surface area contributed by atoms with E-state index in [2.05, 4.69) is 11.0 Å². The number of rotatable bonds is 1. The molecule has 1 aromatic heterocycles. The number of aryl methyl sites for hydroxylation is 2. The maximum atomic E-state index is 9.16. The minimum atomic E-state index is -0.880. The largest absolute Gasteiger partial charge is 0.374 e. The van der Waals surface area contributed by atoms with Crippen molar-refractivity contribution in [2.75, 3.05) is 0 Å². The lowest BCUT2D eigenvalue weighted by atomic mass is 10.2. The summed E-state index contributed by atoms with van der Waals surface area (Å²) in [5.41, 5.74) is 1.52. The summed E-state index contributed by atoms with van der Waals surface area (Å²) in [6, 6.07) is 1.77. The summed E-state index contributed by atoms with van der Waals surface area (Å²) in [7, 11) is 1.81. The van der Waals surface area contributed by atoms with E-state index in [0.717, 1.165) is 5.69 Å². The first-order valence-electron chi connectivity index (χ1n) is 3.30. The van der Waals surface area contributed by atoms with Crippen LogP contribution in [0.4, 0.5) is 0 Å². The Morgan fingerprint density at radius 3 is 2.82 bits per heavy atom. The van der Waals surface area contributed by atoms with Gasteiger partial charge in [0.05, 0.1) is 0 Å². The van der Waals surface area contributed by atoms with Gasteiger partial charge in [-0.3, -0.25) is 4.68 Å². The first-order valence-corrected chi connectivity index (χ1v) is 3.30. The Hall–Kier alpha value is -1.27. The summed E-state index contributed by atoms with van der Waals surface area (Å²) in [5, 5.41) is 13.2. The van der Waals surface area contributed by atoms with Gasteiger partial charge in [-0.2, -0.15) is 5.10 Å². The van der Waals surface area contributed by atoms with Gasteiger partial charge in [-0.15, -0.1) is 6.42 Å². The van der Waals surface area contributed by atoms with Crippen LogP contribution in [0.5, 0.6) is 0 Å². The summed E-state index contributed by atoms with van der Waals surface area (Å²) in [6.07, 6.45) is 4.13. The molecule has 1 atom stereocenters. The Morgan fingerprint density at radius 1 is 1.82 bits per heavy atom. The molecule has 0 amide bonds. The molecule has 0 radical (unpaired) electrons. The molecule has 1 N–H and O–H groups in total. The summed E-state index contributed by atoms with van der Waals surface area (Å²) in [4.78, 5) is 0. The zero-order valence-electron chi connectivity index (χ0n) is 6.57. The minimum Gasteiger partial charge on any atom is -0.374 e. The van der Waals surface area contributed by atoms with Gasteiger partial charge in [0.15, 0.2) is 6.10 Å². The number of aromatic nitrogens is 2. The smallest absolute Gasteiger partial charge is 0.158 e. The van der Waals surface area contributed by atoms with Gasteiger partial charge >= 0.3 is 0 Å². The molecular weight excluding hydrogens is 140 g/mol. The maximum Gasteiger partial charge on any atom is 0.158 e. The van der Waals surface area contributed by atoms with Crippen molar-refractivity contribution in [3.8, 4) is 12.3 Å². The normalized spacial score (nSPS) is 12.5. The Morgan fingerprint density at radius 2 is 2.45 bits per heavy atom. The lowest BCUT2D eigenvalue weighted by molar-refractivity contribution is 0.232. The van der Waals surface area contributed by atoms with Gasteiger partial charge in [0.25, 0.3) is 0 Å². The van der Waals surface area contributed by atoms with Crippen molar-refractivity contribution in [3.63, 3.8) is 0 Å². The third kappa shape index (κ3) is 1.41. The summed E-state index contributed by atoms with van der Waals surface area (Å²) >= 11 is 0. The van der Waals surface area contributed by atoms with Crippen molar-refractivity contribution in [1.29, 1.82) is 0 Å². The van der Waals surface area contributed by atoms with E-state index in [9.17, 15) is 0 Å². The van der Waals surface area contributed by atoms with Gasteiger partial charge in [-0.05, 0) is 13.0 Å². The molecule has 0 aliphatic carbocycles.